The van der Waals surface area contributed by atoms with E-state index in [9.17, 15) is 9.59 Å². The number of carbonyl (C=O) groups is 2. The van der Waals surface area contributed by atoms with Crippen LogP contribution in [0.2, 0.25) is 0 Å². The van der Waals surface area contributed by atoms with E-state index in [1.165, 1.54) is 16.7 Å². The lowest BCUT2D eigenvalue weighted by Crippen LogP contribution is -2.39. The van der Waals surface area contributed by atoms with Crippen molar-refractivity contribution < 1.29 is 19.1 Å². The molecule has 0 fully saturated rings. The lowest BCUT2D eigenvalue weighted by Gasteiger charge is -2.29. The van der Waals surface area contributed by atoms with Crippen molar-refractivity contribution in [1.82, 2.24) is 0 Å². The number of rotatable bonds is 5. The molecule has 1 aliphatic rings. The summed E-state index contributed by atoms with van der Waals surface area (Å²) in [5.41, 5.74) is 1.57. The molecule has 5 nitrogen and oxygen atoms in total. The molecule has 0 bridgehead atoms. The van der Waals surface area contributed by atoms with Crippen LogP contribution in [0.3, 0.4) is 0 Å². The molecule has 140 valence electrons. The number of methoxy groups -OCH3 is 1. The second-order valence-corrected chi connectivity index (χ2v) is 7.61. The van der Waals surface area contributed by atoms with Gasteiger partial charge in [-0.2, -0.15) is 0 Å². The second-order valence-electron chi connectivity index (χ2n) is 5.67. The highest BCUT2D eigenvalue weighted by atomic mass is 79.9. The van der Waals surface area contributed by atoms with Crippen LogP contribution in [-0.2, 0) is 14.3 Å². The first kappa shape index (κ1) is 19.5. The molecule has 27 heavy (non-hydrogen) atoms. The van der Waals surface area contributed by atoms with E-state index in [0.29, 0.717) is 16.3 Å². The van der Waals surface area contributed by atoms with Crippen molar-refractivity contribution in [1.29, 1.82) is 0 Å². The number of anilines is 1. The SMILES string of the molecule is CCOC(=O)CN1C(=O)C(=Cc2ccc(OC)c(Br)c2)Sc2ccccc21. The molecule has 2 aromatic carbocycles. The van der Waals surface area contributed by atoms with Crippen molar-refractivity contribution in [2.45, 2.75) is 11.8 Å². The Kier molecular flexibility index (Phi) is 6.23. The van der Waals surface area contributed by atoms with E-state index in [2.05, 4.69) is 15.9 Å². The summed E-state index contributed by atoms with van der Waals surface area (Å²) in [6.07, 6.45) is 1.81. The number of esters is 1. The summed E-state index contributed by atoms with van der Waals surface area (Å²) in [5.74, 6) is 0.0619. The van der Waals surface area contributed by atoms with Gasteiger partial charge in [0.15, 0.2) is 0 Å². The fourth-order valence-corrected chi connectivity index (χ4v) is 4.30. The number of carbonyl (C=O) groups excluding carboxylic acids is 2. The summed E-state index contributed by atoms with van der Waals surface area (Å²) in [4.78, 5) is 27.9. The summed E-state index contributed by atoms with van der Waals surface area (Å²) in [5, 5.41) is 0. The molecule has 2 aromatic rings. The quantitative estimate of drug-likeness (QED) is 0.498. The standard InChI is InChI=1S/C20H18BrNO4S/c1-3-26-19(23)12-22-15-6-4-5-7-17(15)27-18(20(22)24)11-13-8-9-16(25-2)14(21)10-13/h4-11H,3,12H2,1-2H3. The maximum Gasteiger partial charge on any atom is 0.326 e. The number of para-hydroxylation sites is 1. The minimum absolute atomic E-state index is 0.117. The number of fused-ring (bicyclic) bond motifs is 1. The first-order chi connectivity index (χ1) is 13.0. The first-order valence-electron chi connectivity index (χ1n) is 8.33. The molecule has 0 radical (unpaired) electrons. The molecule has 3 rings (SSSR count). The molecule has 1 amide bonds. The van der Waals surface area contributed by atoms with Gasteiger partial charge in [0.2, 0.25) is 0 Å². The maximum absolute atomic E-state index is 13.0. The zero-order chi connectivity index (χ0) is 19.4. The van der Waals surface area contributed by atoms with Crippen molar-refractivity contribution in [2.75, 3.05) is 25.2 Å². The van der Waals surface area contributed by atoms with Crippen LogP contribution >= 0.6 is 27.7 Å². The summed E-state index contributed by atoms with van der Waals surface area (Å²) in [6.45, 7) is 1.90. The molecule has 0 saturated heterocycles. The van der Waals surface area contributed by atoms with Crippen LogP contribution in [0.15, 0.2) is 56.7 Å². The van der Waals surface area contributed by atoms with Crippen molar-refractivity contribution in [3.63, 3.8) is 0 Å². The highest BCUT2D eigenvalue weighted by Gasteiger charge is 2.30. The van der Waals surface area contributed by atoms with E-state index in [1.807, 2.05) is 48.5 Å². The van der Waals surface area contributed by atoms with Gasteiger partial charge in [-0.15, -0.1) is 0 Å². The predicted octanol–water partition coefficient (Wildman–Crippen LogP) is 4.50. The molecular formula is C20H18BrNO4S. The van der Waals surface area contributed by atoms with Crippen LogP contribution in [0.1, 0.15) is 12.5 Å². The van der Waals surface area contributed by atoms with Gasteiger partial charge in [-0.25, -0.2) is 0 Å². The third kappa shape index (κ3) is 4.36. The number of hydrogen-bond donors (Lipinski definition) is 0. The molecular weight excluding hydrogens is 430 g/mol. The summed E-state index contributed by atoms with van der Waals surface area (Å²) in [7, 11) is 1.60. The maximum atomic E-state index is 13.0. The Bertz CT molecular complexity index is 913. The van der Waals surface area contributed by atoms with Gasteiger partial charge in [-0.1, -0.05) is 30.0 Å². The molecule has 0 spiro atoms. The van der Waals surface area contributed by atoms with Gasteiger partial charge in [0.25, 0.3) is 5.91 Å². The van der Waals surface area contributed by atoms with Crippen LogP contribution in [0, 0.1) is 0 Å². The van der Waals surface area contributed by atoms with Crippen LogP contribution in [-0.4, -0.2) is 32.1 Å². The van der Waals surface area contributed by atoms with E-state index in [-0.39, 0.29) is 19.1 Å². The molecule has 1 aliphatic heterocycles. The lowest BCUT2D eigenvalue weighted by atomic mass is 10.2. The van der Waals surface area contributed by atoms with E-state index >= 15 is 0 Å². The average Bonchev–Trinajstić information content (AvgIpc) is 2.65. The monoisotopic (exact) mass is 447 g/mol. The summed E-state index contributed by atoms with van der Waals surface area (Å²) >= 11 is 4.85. The number of ether oxygens (including phenoxy) is 2. The van der Waals surface area contributed by atoms with Crippen LogP contribution in [0.5, 0.6) is 5.75 Å². The number of halogens is 1. The summed E-state index contributed by atoms with van der Waals surface area (Å²) in [6, 6.07) is 13.1. The van der Waals surface area contributed by atoms with Crippen LogP contribution in [0.4, 0.5) is 5.69 Å². The van der Waals surface area contributed by atoms with E-state index in [1.54, 1.807) is 14.0 Å². The van der Waals surface area contributed by atoms with E-state index < -0.39 is 5.97 Å². The molecule has 0 N–H and O–H groups in total. The normalized spacial score (nSPS) is 14.9. The molecule has 0 aliphatic carbocycles. The Morgan fingerprint density at radius 1 is 1.26 bits per heavy atom. The number of thioether (sulfide) groups is 1. The Morgan fingerprint density at radius 2 is 2.04 bits per heavy atom. The third-order valence-corrected chi connectivity index (χ3v) is 5.60. The Balaban J connectivity index is 1.96. The molecule has 0 unspecified atom stereocenters. The van der Waals surface area contributed by atoms with Crippen LogP contribution < -0.4 is 9.64 Å². The van der Waals surface area contributed by atoms with Gasteiger partial charge in [-0.3, -0.25) is 14.5 Å². The smallest absolute Gasteiger partial charge is 0.326 e. The van der Waals surface area contributed by atoms with Crippen LogP contribution in [0.25, 0.3) is 6.08 Å². The fraction of sp³-hybridized carbons (Fsp3) is 0.200. The predicted molar refractivity (Wildman–Crippen MR) is 110 cm³/mol. The van der Waals surface area contributed by atoms with Gasteiger partial charge in [0.05, 0.1) is 28.8 Å². The van der Waals surface area contributed by atoms with Crippen molar-refractivity contribution in [3.05, 3.63) is 57.4 Å². The second kappa shape index (κ2) is 8.63. The third-order valence-electron chi connectivity index (χ3n) is 3.90. The van der Waals surface area contributed by atoms with E-state index in [0.717, 1.165) is 14.9 Å². The lowest BCUT2D eigenvalue weighted by molar-refractivity contribution is -0.142. The minimum atomic E-state index is -0.431. The molecule has 7 heteroatoms. The molecule has 1 heterocycles. The van der Waals surface area contributed by atoms with Gasteiger partial charge in [0.1, 0.15) is 12.3 Å². The fourth-order valence-electron chi connectivity index (χ4n) is 2.68. The zero-order valence-corrected chi connectivity index (χ0v) is 17.3. The van der Waals surface area contributed by atoms with Gasteiger partial charge in [-0.05, 0) is 58.8 Å². The molecule has 0 saturated carbocycles. The Hall–Kier alpha value is -2.25. The van der Waals surface area contributed by atoms with E-state index in [4.69, 9.17) is 9.47 Å². The van der Waals surface area contributed by atoms with Crippen molar-refractivity contribution >= 4 is 51.3 Å². The highest BCUT2D eigenvalue weighted by Crippen LogP contribution is 2.42. The largest absolute Gasteiger partial charge is 0.496 e. The Labute approximate surface area is 170 Å². The number of nitrogens with zero attached hydrogens (tertiary/aromatic N) is 1. The van der Waals surface area contributed by atoms with Crippen molar-refractivity contribution in [2.24, 2.45) is 0 Å². The highest BCUT2D eigenvalue weighted by molar-refractivity contribution is 9.10. The topological polar surface area (TPSA) is 55.8 Å². The number of amides is 1. The first-order valence-corrected chi connectivity index (χ1v) is 9.94. The molecule has 0 atom stereocenters. The number of hydrogen-bond acceptors (Lipinski definition) is 5. The Morgan fingerprint density at radius 3 is 2.74 bits per heavy atom. The van der Waals surface area contributed by atoms with Gasteiger partial charge in [0, 0.05) is 4.90 Å². The average molecular weight is 448 g/mol. The minimum Gasteiger partial charge on any atom is -0.496 e. The zero-order valence-electron chi connectivity index (χ0n) is 14.9. The summed E-state index contributed by atoms with van der Waals surface area (Å²) < 4.78 is 11.1. The van der Waals surface area contributed by atoms with Crippen molar-refractivity contribution in [3.8, 4) is 5.75 Å². The number of benzene rings is 2. The van der Waals surface area contributed by atoms with Gasteiger partial charge >= 0.3 is 5.97 Å². The van der Waals surface area contributed by atoms with Gasteiger partial charge < -0.3 is 9.47 Å². The molecule has 0 aromatic heterocycles.